The lowest BCUT2D eigenvalue weighted by Gasteiger charge is -2.29. The fourth-order valence-corrected chi connectivity index (χ4v) is 4.09. The van der Waals surface area contributed by atoms with Gasteiger partial charge in [0.2, 0.25) is 0 Å². The second kappa shape index (κ2) is 8.06. The third kappa shape index (κ3) is 4.39. The minimum Gasteiger partial charge on any atom is -0.457 e. The van der Waals surface area contributed by atoms with Gasteiger partial charge in [-0.25, -0.2) is 0 Å². The smallest absolute Gasteiger partial charge is 0.130 e. The summed E-state index contributed by atoms with van der Waals surface area (Å²) in [4.78, 5) is 2.19. The molecule has 2 aliphatic rings. The van der Waals surface area contributed by atoms with Gasteiger partial charge < -0.3 is 19.1 Å². The molecule has 0 unspecified atom stereocenters. The van der Waals surface area contributed by atoms with Gasteiger partial charge in [0.1, 0.15) is 17.6 Å². The average molecular weight is 392 g/mol. The van der Waals surface area contributed by atoms with Crippen LogP contribution in [0.25, 0.3) is 0 Å². The maximum atomic E-state index is 9.52. The van der Waals surface area contributed by atoms with Crippen LogP contribution in [0.4, 0.5) is 5.69 Å². The molecule has 0 radical (unpaired) electrons. The van der Waals surface area contributed by atoms with Crippen molar-refractivity contribution >= 4 is 5.69 Å². The number of benzene rings is 2. The molecule has 0 N–H and O–H groups in total. The summed E-state index contributed by atoms with van der Waals surface area (Å²) in [6.07, 6.45) is 2.02. The molecule has 29 heavy (non-hydrogen) atoms. The van der Waals surface area contributed by atoms with E-state index in [1.54, 1.807) is 0 Å². The molecular weight excluding hydrogens is 364 g/mol. The average Bonchev–Trinajstić information content (AvgIpc) is 3.11. The standard InChI is InChI=1S/C24H28N2O3/c1-24(2,3)29-23-10-9-20-19(23)5-4-6-22(20)28-18-8-7-17(16-25)21(15-18)26-11-13-27-14-12-26/h4-8,15,23H,9-14H2,1-3H3/t23-/m1/s1. The number of hydrogen-bond donors (Lipinski definition) is 0. The van der Waals surface area contributed by atoms with Crippen molar-refractivity contribution in [3.63, 3.8) is 0 Å². The zero-order valence-corrected chi connectivity index (χ0v) is 17.4. The summed E-state index contributed by atoms with van der Waals surface area (Å²) in [6, 6.07) is 14.2. The Labute approximate surface area is 172 Å². The van der Waals surface area contributed by atoms with E-state index in [1.165, 1.54) is 11.1 Å². The van der Waals surface area contributed by atoms with Gasteiger partial charge in [0.15, 0.2) is 0 Å². The third-order valence-electron chi connectivity index (χ3n) is 5.34. The lowest BCUT2D eigenvalue weighted by atomic mass is 10.1. The summed E-state index contributed by atoms with van der Waals surface area (Å²) >= 11 is 0. The number of rotatable bonds is 4. The Morgan fingerprint density at radius 2 is 1.93 bits per heavy atom. The molecule has 152 valence electrons. The molecule has 0 saturated carbocycles. The number of nitriles is 1. The van der Waals surface area contributed by atoms with E-state index in [9.17, 15) is 5.26 Å². The Balaban J connectivity index is 1.60. The molecule has 0 aromatic heterocycles. The van der Waals surface area contributed by atoms with Crippen molar-refractivity contribution in [2.75, 3.05) is 31.2 Å². The minimum atomic E-state index is -0.177. The second-order valence-electron chi connectivity index (χ2n) is 8.57. The van der Waals surface area contributed by atoms with Crippen LogP contribution in [-0.2, 0) is 15.9 Å². The van der Waals surface area contributed by atoms with Gasteiger partial charge in [-0.3, -0.25) is 0 Å². The van der Waals surface area contributed by atoms with E-state index in [2.05, 4.69) is 37.8 Å². The SMILES string of the molecule is CC(C)(C)O[C@@H]1CCc2c(Oc3ccc(C#N)c(N4CCOCC4)c3)cccc21. The molecule has 5 heteroatoms. The first-order valence-corrected chi connectivity index (χ1v) is 10.3. The van der Waals surface area contributed by atoms with Gasteiger partial charge >= 0.3 is 0 Å². The Morgan fingerprint density at radius 1 is 1.14 bits per heavy atom. The molecule has 2 aromatic rings. The number of nitrogens with zero attached hydrogens (tertiary/aromatic N) is 2. The molecule has 1 fully saturated rings. The van der Waals surface area contributed by atoms with Crippen molar-refractivity contribution in [1.82, 2.24) is 0 Å². The van der Waals surface area contributed by atoms with Gasteiger partial charge in [0.25, 0.3) is 0 Å². The van der Waals surface area contributed by atoms with E-state index < -0.39 is 0 Å². The lowest BCUT2D eigenvalue weighted by molar-refractivity contribution is -0.0605. The molecule has 1 aliphatic heterocycles. The monoisotopic (exact) mass is 392 g/mol. The van der Waals surface area contributed by atoms with E-state index >= 15 is 0 Å². The fourth-order valence-electron chi connectivity index (χ4n) is 4.09. The Hall–Kier alpha value is -2.55. The first-order chi connectivity index (χ1) is 13.9. The van der Waals surface area contributed by atoms with Crippen LogP contribution >= 0.6 is 0 Å². The zero-order valence-electron chi connectivity index (χ0n) is 17.4. The first kappa shape index (κ1) is 19.8. The van der Waals surface area contributed by atoms with Gasteiger partial charge in [0.05, 0.1) is 36.2 Å². The van der Waals surface area contributed by atoms with Crippen LogP contribution in [-0.4, -0.2) is 31.9 Å². The van der Waals surface area contributed by atoms with Crippen molar-refractivity contribution < 1.29 is 14.2 Å². The topological polar surface area (TPSA) is 54.7 Å². The van der Waals surface area contributed by atoms with Crippen LogP contribution in [0.2, 0.25) is 0 Å². The highest BCUT2D eigenvalue weighted by Crippen LogP contribution is 2.42. The van der Waals surface area contributed by atoms with Gasteiger partial charge in [-0.1, -0.05) is 12.1 Å². The highest BCUT2D eigenvalue weighted by atomic mass is 16.5. The molecule has 0 bridgehead atoms. The first-order valence-electron chi connectivity index (χ1n) is 10.3. The highest BCUT2D eigenvalue weighted by molar-refractivity contribution is 5.63. The summed E-state index contributed by atoms with van der Waals surface area (Å²) in [5.41, 5.74) is 3.84. The fraction of sp³-hybridized carbons (Fsp3) is 0.458. The number of anilines is 1. The van der Waals surface area contributed by atoms with E-state index in [-0.39, 0.29) is 11.7 Å². The maximum Gasteiger partial charge on any atom is 0.130 e. The van der Waals surface area contributed by atoms with Crippen LogP contribution in [0.5, 0.6) is 11.5 Å². The van der Waals surface area contributed by atoms with Crippen molar-refractivity contribution in [1.29, 1.82) is 5.26 Å². The van der Waals surface area contributed by atoms with Crippen LogP contribution in [0.1, 0.15) is 50.0 Å². The quantitative estimate of drug-likeness (QED) is 0.734. The van der Waals surface area contributed by atoms with Gasteiger partial charge in [0, 0.05) is 24.7 Å². The van der Waals surface area contributed by atoms with E-state index in [0.29, 0.717) is 18.8 Å². The van der Waals surface area contributed by atoms with Crippen LogP contribution in [0.15, 0.2) is 36.4 Å². The molecule has 5 nitrogen and oxygen atoms in total. The maximum absolute atomic E-state index is 9.52. The number of hydrogen-bond acceptors (Lipinski definition) is 5. The van der Waals surface area contributed by atoms with E-state index in [1.807, 2.05) is 30.3 Å². The normalized spacial score (nSPS) is 19.0. The Morgan fingerprint density at radius 3 is 2.66 bits per heavy atom. The van der Waals surface area contributed by atoms with Crippen molar-refractivity contribution in [3.8, 4) is 17.6 Å². The molecule has 1 saturated heterocycles. The third-order valence-corrected chi connectivity index (χ3v) is 5.34. The van der Waals surface area contributed by atoms with Crippen molar-refractivity contribution in [2.24, 2.45) is 0 Å². The molecule has 1 heterocycles. The number of morpholine rings is 1. The van der Waals surface area contributed by atoms with Gasteiger partial charge in [-0.05, 0) is 57.4 Å². The van der Waals surface area contributed by atoms with Gasteiger partial charge in [-0.15, -0.1) is 0 Å². The van der Waals surface area contributed by atoms with E-state index in [4.69, 9.17) is 14.2 Å². The lowest BCUT2D eigenvalue weighted by Crippen LogP contribution is -2.36. The largest absolute Gasteiger partial charge is 0.457 e. The summed E-state index contributed by atoms with van der Waals surface area (Å²) in [5.74, 6) is 1.62. The van der Waals surface area contributed by atoms with Gasteiger partial charge in [-0.2, -0.15) is 5.26 Å². The van der Waals surface area contributed by atoms with Crippen LogP contribution < -0.4 is 9.64 Å². The highest BCUT2D eigenvalue weighted by Gasteiger charge is 2.29. The minimum absolute atomic E-state index is 0.110. The molecular formula is C24H28N2O3. The van der Waals surface area contributed by atoms with E-state index in [0.717, 1.165) is 43.1 Å². The molecule has 0 amide bonds. The summed E-state index contributed by atoms with van der Waals surface area (Å²) in [7, 11) is 0. The van der Waals surface area contributed by atoms with Crippen LogP contribution in [0, 0.1) is 11.3 Å². The predicted octanol–water partition coefficient (Wildman–Crippen LogP) is 4.99. The molecule has 4 rings (SSSR count). The van der Waals surface area contributed by atoms with Crippen molar-refractivity contribution in [2.45, 2.75) is 45.3 Å². The Bertz CT molecular complexity index is 921. The zero-order chi connectivity index (χ0) is 20.4. The number of ether oxygens (including phenoxy) is 3. The molecule has 1 atom stereocenters. The Kier molecular flexibility index (Phi) is 5.49. The summed E-state index contributed by atoms with van der Waals surface area (Å²) in [5, 5.41) is 9.52. The molecule has 0 spiro atoms. The predicted molar refractivity (Wildman–Crippen MR) is 113 cm³/mol. The summed E-state index contributed by atoms with van der Waals surface area (Å²) in [6.45, 7) is 9.20. The van der Waals surface area contributed by atoms with Crippen molar-refractivity contribution in [3.05, 3.63) is 53.1 Å². The molecule has 1 aliphatic carbocycles. The van der Waals surface area contributed by atoms with Crippen LogP contribution in [0.3, 0.4) is 0 Å². The second-order valence-corrected chi connectivity index (χ2v) is 8.57. The molecule has 2 aromatic carbocycles. The number of fused-ring (bicyclic) bond motifs is 1. The summed E-state index contributed by atoms with van der Waals surface area (Å²) < 4.78 is 18.0.